The second kappa shape index (κ2) is 5.23. The zero-order valence-corrected chi connectivity index (χ0v) is 10.3. The van der Waals surface area contributed by atoms with Gasteiger partial charge in [0.05, 0.1) is 10.0 Å². The molecule has 2 rings (SSSR count). The average Bonchev–Trinajstić information content (AvgIpc) is 2.25. The van der Waals surface area contributed by atoms with Crippen molar-refractivity contribution in [2.45, 2.75) is 38.5 Å². The first-order valence-electron chi connectivity index (χ1n) is 5.69. The maximum absolute atomic E-state index is 6.00. The van der Waals surface area contributed by atoms with Crippen LogP contribution >= 0.6 is 23.2 Å². The zero-order valence-electron chi connectivity index (χ0n) is 8.81. The Balaban J connectivity index is 2.00. The number of benzene rings is 1. The molecule has 0 heterocycles. The molecule has 0 N–H and O–H groups in total. The van der Waals surface area contributed by atoms with E-state index in [0.29, 0.717) is 10.0 Å². The van der Waals surface area contributed by atoms with Crippen molar-refractivity contribution in [3.8, 4) is 0 Å². The Morgan fingerprint density at radius 3 is 2.40 bits per heavy atom. The van der Waals surface area contributed by atoms with Crippen LogP contribution in [-0.2, 0) is 6.42 Å². The van der Waals surface area contributed by atoms with Crippen LogP contribution in [0.15, 0.2) is 18.2 Å². The highest BCUT2D eigenvalue weighted by Crippen LogP contribution is 2.29. The molecule has 0 bridgehead atoms. The Hall–Kier alpha value is -0.200. The molecular weight excluding hydrogens is 227 g/mol. The van der Waals surface area contributed by atoms with Crippen molar-refractivity contribution in [2.75, 3.05) is 0 Å². The summed E-state index contributed by atoms with van der Waals surface area (Å²) in [5.41, 5.74) is 1.33. The topological polar surface area (TPSA) is 0 Å². The number of rotatable bonds is 2. The molecule has 1 aliphatic rings. The molecule has 82 valence electrons. The lowest BCUT2D eigenvalue weighted by atomic mass is 9.85. The van der Waals surface area contributed by atoms with E-state index in [1.54, 1.807) is 0 Å². The first-order valence-corrected chi connectivity index (χ1v) is 6.45. The summed E-state index contributed by atoms with van der Waals surface area (Å²) in [7, 11) is 0. The van der Waals surface area contributed by atoms with Crippen molar-refractivity contribution in [1.82, 2.24) is 0 Å². The number of halogens is 2. The van der Waals surface area contributed by atoms with Gasteiger partial charge in [-0.05, 0) is 30.0 Å². The summed E-state index contributed by atoms with van der Waals surface area (Å²) >= 11 is 11.9. The predicted molar refractivity (Wildman–Crippen MR) is 66.7 cm³/mol. The maximum atomic E-state index is 6.00. The van der Waals surface area contributed by atoms with Gasteiger partial charge in [-0.15, -0.1) is 0 Å². The van der Waals surface area contributed by atoms with Crippen molar-refractivity contribution in [3.63, 3.8) is 0 Å². The van der Waals surface area contributed by atoms with Gasteiger partial charge in [-0.1, -0.05) is 61.4 Å². The molecule has 0 amide bonds. The van der Waals surface area contributed by atoms with E-state index in [1.807, 2.05) is 12.1 Å². The predicted octanol–water partition coefficient (Wildman–Crippen LogP) is 5.12. The third-order valence-electron chi connectivity index (χ3n) is 3.23. The van der Waals surface area contributed by atoms with E-state index < -0.39 is 0 Å². The van der Waals surface area contributed by atoms with Crippen molar-refractivity contribution >= 4 is 23.2 Å². The number of hydrogen-bond acceptors (Lipinski definition) is 0. The van der Waals surface area contributed by atoms with E-state index in [9.17, 15) is 0 Å². The Kier molecular flexibility index (Phi) is 3.93. The van der Waals surface area contributed by atoms with Gasteiger partial charge in [0.1, 0.15) is 0 Å². The normalized spacial score (nSPS) is 18.0. The highest BCUT2D eigenvalue weighted by Gasteiger charge is 2.14. The van der Waals surface area contributed by atoms with Gasteiger partial charge in [0, 0.05) is 0 Å². The van der Waals surface area contributed by atoms with E-state index in [2.05, 4.69) is 6.07 Å². The van der Waals surface area contributed by atoms with Gasteiger partial charge < -0.3 is 0 Å². The van der Waals surface area contributed by atoms with Crippen LogP contribution in [0.3, 0.4) is 0 Å². The second-order valence-corrected chi connectivity index (χ2v) is 5.27. The highest BCUT2D eigenvalue weighted by molar-refractivity contribution is 6.42. The maximum Gasteiger partial charge on any atom is 0.0595 e. The molecule has 2 heteroatoms. The Morgan fingerprint density at radius 1 is 1.00 bits per heavy atom. The standard InChI is InChI=1S/C13H16Cl2/c14-12-7-6-11(9-13(12)15)8-10-4-2-1-3-5-10/h6-7,9-10H,1-5,8H2. The van der Waals surface area contributed by atoms with Crippen molar-refractivity contribution in [3.05, 3.63) is 33.8 Å². The minimum Gasteiger partial charge on any atom is -0.0827 e. The first-order chi connectivity index (χ1) is 7.25. The molecule has 0 aromatic heterocycles. The van der Waals surface area contributed by atoms with E-state index in [4.69, 9.17) is 23.2 Å². The molecule has 0 atom stereocenters. The fourth-order valence-corrected chi connectivity index (χ4v) is 2.71. The molecule has 0 spiro atoms. The molecule has 1 aromatic carbocycles. The van der Waals surface area contributed by atoms with Crippen LogP contribution in [0.4, 0.5) is 0 Å². The highest BCUT2D eigenvalue weighted by atomic mass is 35.5. The summed E-state index contributed by atoms with van der Waals surface area (Å²) in [6, 6.07) is 6.02. The van der Waals surface area contributed by atoms with Gasteiger partial charge in [0.25, 0.3) is 0 Å². The summed E-state index contributed by atoms with van der Waals surface area (Å²) in [6.07, 6.45) is 8.12. The van der Waals surface area contributed by atoms with Crippen LogP contribution in [-0.4, -0.2) is 0 Å². The lowest BCUT2D eigenvalue weighted by Crippen LogP contribution is -2.09. The van der Waals surface area contributed by atoms with Gasteiger partial charge in [-0.25, -0.2) is 0 Å². The van der Waals surface area contributed by atoms with Gasteiger partial charge in [0.2, 0.25) is 0 Å². The fraction of sp³-hybridized carbons (Fsp3) is 0.538. The van der Waals surface area contributed by atoms with Gasteiger partial charge in [-0.2, -0.15) is 0 Å². The molecular formula is C13H16Cl2. The quantitative estimate of drug-likeness (QED) is 0.676. The molecule has 0 saturated heterocycles. The van der Waals surface area contributed by atoms with Crippen molar-refractivity contribution in [2.24, 2.45) is 5.92 Å². The van der Waals surface area contributed by atoms with Crippen LogP contribution < -0.4 is 0 Å². The van der Waals surface area contributed by atoms with Crippen molar-refractivity contribution in [1.29, 1.82) is 0 Å². The van der Waals surface area contributed by atoms with Gasteiger partial charge in [-0.3, -0.25) is 0 Å². The number of hydrogen-bond donors (Lipinski definition) is 0. The average molecular weight is 243 g/mol. The fourth-order valence-electron chi connectivity index (χ4n) is 2.39. The van der Waals surface area contributed by atoms with Crippen LogP contribution in [0.25, 0.3) is 0 Å². The molecule has 0 radical (unpaired) electrons. The monoisotopic (exact) mass is 242 g/mol. The smallest absolute Gasteiger partial charge is 0.0595 e. The lowest BCUT2D eigenvalue weighted by Gasteiger charge is -2.21. The van der Waals surface area contributed by atoms with E-state index in [0.717, 1.165) is 12.3 Å². The van der Waals surface area contributed by atoms with Crippen LogP contribution in [0.2, 0.25) is 10.0 Å². The first kappa shape index (κ1) is 11.3. The van der Waals surface area contributed by atoms with Crippen molar-refractivity contribution < 1.29 is 0 Å². The molecule has 0 nitrogen and oxygen atoms in total. The SMILES string of the molecule is Clc1ccc(CC2CCCCC2)cc1Cl. The largest absolute Gasteiger partial charge is 0.0827 e. The van der Waals surface area contributed by atoms with E-state index >= 15 is 0 Å². The molecule has 0 unspecified atom stereocenters. The summed E-state index contributed by atoms with van der Waals surface area (Å²) in [6.45, 7) is 0. The Morgan fingerprint density at radius 2 is 1.73 bits per heavy atom. The Bertz CT molecular complexity index is 327. The van der Waals surface area contributed by atoms with Crippen LogP contribution in [0, 0.1) is 5.92 Å². The molecule has 1 saturated carbocycles. The van der Waals surface area contributed by atoms with E-state index in [1.165, 1.54) is 37.7 Å². The molecule has 0 aliphatic heterocycles. The third kappa shape index (κ3) is 3.12. The van der Waals surface area contributed by atoms with E-state index in [-0.39, 0.29) is 0 Å². The molecule has 15 heavy (non-hydrogen) atoms. The second-order valence-electron chi connectivity index (χ2n) is 4.46. The van der Waals surface area contributed by atoms with Gasteiger partial charge >= 0.3 is 0 Å². The molecule has 1 aliphatic carbocycles. The van der Waals surface area contributed by atoms with Gasteiger partial charge in [0.15, 0.2) is 0 Å². The minimum absolute atomic E-state index is 0.657. The lowest BCUT2D eigenvalue weighted by molar-refractivity contribution is 0.356. The van der Waals surface area contributed by atoms with Crippen LogP contribution in [0.1, 0.15) is 37.7 Å². The summed E-state index contributed by atoms with van der Waals surface area (Å²) in [5.74, 6) is 0.857. The molecule has 1 aromatic rings. The third-order valence-corrected chi connectivity index (χ3v) is 3.97. The summed E-state index contributed by atoms with van der Waals surface area (Å²) < 4.78 is 0. The molecule has 1 fully saturated rings. The van der Waals surface area contributed by atoms with Crippen LogP contribution in [0.5, 0.6) is 0 Å². The minimum atomic E-state index is 0.657. The Labute approximate surface area is 102 Å². The summed E-state index contributed by atoms with van der Waals surface area (Å²) in [4.78, 5) is 0. The zero-order chi connectivity index (χ0) is 10.7. The summed E-state index contributed by atoms with van der Waals surface area (Å²) in [5, 5.41) is 1.34.